The van der Waals surface area contributed by atoms with Crippen LogP contribution in [0.15, 0.2) is 41.6 Å². The number of hydrogen-bond acceptors (Lipinski definition) is 5. The van der Waals surface area contributed by atoms with Gasteiger partial charge < -0.3 is 16.2 Å². The summed E-state index contributed by atoms with van der Waals surface area (Å²) >= 11 is 1.45. The van der Waals surface area contributed by atoms with E-state index >= 15 is 0 Å². The van der Waals surface area contributed by atoms with Crippen LogP contribution in [0.2, 0.25) is 0 Å². The number of aliphatic carboxylic acids is 1. The first kappa shape index (κ1) is 17.5. The third-order valence-electron chi connectivity index (χ3n) is 4.31. The van der Waals surface area contributed by atoms with Gasteiger partial charge in [0.1, 0.15) is 17.1 Å². The molecule has 1 saturated heterocycles. The molecule has 1 aromatic carbocycles. The van der Waals surface area contributed by atoms with Crippen molar-refractivity contribution in [2.75, 3.05) is 5.75 Å². The number of nitrogens with zero attached hydrogens (tertiary/aromatic N) is 1. The highest BCUT2D eigenvalue weighted by Crippen LogP contribution is 2.40. The molecule has 0 bridgehead atoms. The van der Waals surface area contributed by atoms with Gasteiger partial charge in [0, 0.05) is 18.2 Å². The van der Waals surface area contributed by atoms with E-state index in [1.165, 1.54) is 16.7 Å². The van der Waals surface area contributed by atoms with Gasteiger partial charge in [-0.15, -0.1) is 11.8 Å². The van der Waals surface area contributed by atoms with Crippen LogP contribution >= 0.6 is 11.8 Å². The quantitative estimate of drug-likeness (QED) is 0.670. The van der Waals surface area contributed by atoms with E-state index in [-0.39, 0.29) is 23.4 Å². The monoisotopic (exact) mass is 361 g/mol. The highest BCUT2D eigenvalue weighted by molar-refractivity contribution is 8.00. The standard InChI is InChI=1S/C17H19N3O4S/c1-9-8-25-16-13(15(22)20(16)14(9)17(23)24)19-12(21)7-11(18)10-5-3-2-4-6-10/h2-6,11,13,16H,7-8,18H2,1H3,(H,19,21)(H,23,24)/t11?,13?,16-/m0/s1. The van der Waals surface area contributed by atoms with Gasteiger partial charge in [-0.05, 0) is 18.1 Å². The fourth-order valence-corrected chi connectivity index (χ4v) is 4.32. The number of thioether (sulfide) groups is 1. The fourth-order valence-electron chi connectivity index (χ4n) is 3.03. The molecule has 0 aliphatic carbocycles. The van der Waals surface area contributed by atoms with E-state index in [4.69, 9.17) is 5.73 Å². The number of carbonyl (C=O) groups is 3. The summed E-state index contributed by atoms with van der Waals surface area (Å²) in [5.74, 6) is -1.31. The maximum absolute atomic E-state index is 12.3. The topological polar surface area (TPSA) is 113 Å². The van der Waals surface area contributed by atoms with E-state index in [2.05, 4.69) is 5.32 Å². The second-order valence-electron chi connectivity index (χ2n) is 6.11. The summed E-state index contributed by atoms with van der Waals surface area (Å²) < 4.78 is 0. The van der Waals surface area contributed by atoms with Crippen LogP contribution in [-0.4, -0.2) is 45.0 Å². The molecule has 3 rings (SSSR count). The number of nitrogens with one attached hydrogen (secondary N) is 1. The summed E-state index contributed by atoms with van der Waals surface area (Å²) in [5, 5.41) is 11.6. The largest absolute Gasteiger partial charge is 0.477 e. The minimum atomic E-state index is -1.12. The average molecular weight is 361 g/mol. The van der Waals surface area contributed by atoms with E-state index in [9.17, 15) is 19.5 Å². The normalized spacial score (nSPS) is 23.6. The van der Waals surface area contributed by atoms with Crippen LogP contribution in [0.25, 0.3) is 0 Å². The third kappa shape index (κ3) is 3.27. The van der Waals surface area contributed by atoms with Gasteiger partial charge in [-0.3, -0.25) is 14.5 Å². The molecule has 2 heterocycles. The summed E-state index contributed by atoms with van der Waals surface area (Å²) in [6, 6.07) is 8.09. The Morgan fingerprint density at radius 1 is 1.40 bits per heavy atom. The summed E-state index contributed by atoms with van der Waals surface area (Å²) in [6.07, 6.45) is 0.0613. The van der Waals surface area contributed by atoms with Crippen molar-refractivity contribution in [3.05, 3.63) is 47.2 Å². The van der Waals surface area contributed by atoms with Crippen LogP contribution < -0.4 is 11.1 Å². The van der Waals surface area contributed by atoms with Crippen molar-refractivity contribution in [3.8, 4) is 0 Å². The minimum absolute atomic E-state index is 0.0280. The zero-order valence-corrected chi connectivity index (χ0v) is 14.5. The van der Waals surface area contributed by atoms with Crippen molar-refractivity contribution in [2.45, 2.75) is 30.8 Å². The number of carboxylic acids is 1. The molecule has 2 aliphatic heterocycles. The lowest BCUT2D eigenvalue weighted by Gasteiger charge is -2.49. The number of carbonyl (C=O) groups excluding carboxylic acids is 2. The first-order valence-electron chi connectivity index (χ1n) is 7.87. The molecular weight excluding hydrogens is 342 g/mol. The molecule has 1 aromatic rings. The number of β-lactam (4-membered cyclic amide) rings is 1. The number of fused-ring (bicyclic) bond motifs is 1. The van der Waals surface area contributed by atoms with Gasteiger partial charge in [0.05, 0.1) is 0 Å². The van der Waals surface area contributed by atoms with Gasteiger partial charge in [0.25, 0.3) is 5.91 Å². The first-order chi connectivity index (χ1) is 11.9. The van der Waals surface area contributed by atoms with Crippen molar-refractivity contribution in [1.82, 2.24) is 10.2 Å². The van der Waals surface area contributed by atoms with Crippen LogP contribution in [-0.2, 0) is 14.4 Å². The van der Waals surface area contributed by atoms with Gasteiger partial charge in [0.2, 0.25) is 5.91 Å². The Bertz CT molecular complexity index is 750. The van der Waals surface area contributed by atoms with E-state index in [0.717, 1.165) is 5.56 Å². The predicted octanol–water partition coefficient (Wildman–Crippen LogP) is 0.835. The molecule has 4 N–H and O–H groups in total. The minimum Gasteiger partial charge on any atom is -0.477 e. The molecular formula is C17H19N3O4S. The predicted molar refractivity (Wildman–Crippen MR) is 93.3 cm³/mol. The lowest BCUT2D eigenvalue weighted by molar-refractivity contribution is -0.150. The summed E-state index contributed by atoms with van der Waals surface area (Å²) in [6.45, 7) is 1.70. The summed E-state index contributed by atoms with van der Waals surface area (Å²) in [5.41, 5.74) is 7.56. The SMILES string of the molecule is CC1=C(C(=O)O)N2C(=O)C(NC(=O)CC(N)c3ccccc3)[C@@H]2SC1. The number of rotatable bonds is 5. The summed E-state index contributed by atoms with van der Waals surface area (Å²) in [4.78, 5) is 37.2. The van der Waals surface area contributed by atoms with Gasteiger partial charge in [0.15, 0.2) is 0 Å². The third-order valence-corrected chi connectivity index (χ3v) is 5.74. The Kier molecular flexibility index (Phi) is 4.82. The molecule has 3 atom stereocenters. The first-order valence-corrected chi connectivity index (χ1v) is 8.92. The number of carboxylic acid groups (broad SMARTS) is 1. The molecule has 2 amide bonds. The van der Waals surface area contributed by atoms with Gasteiger partial charge >= 0.3 is 5.97 Å². The molecule has 2 aliphatic rings. The van der Waals surface area contributed by atoms with E-state index in [0.29, 0.717) is 11.3 Å². The Labute approximate surface area is 149 Å². The molecule has 0 radical (unpaired) electrons. The van der Waals surface area contributed by atoms with Crippen molar-refractivity contribution in [2.24, 2.45) is 5.73 Å². The van der Waals surface area contributed by atoms with Crippen molar-refractivity contribution < 1.29 is 19.5 Å². The highest BCUT2D eigenvalue weighted by Gasteiger charge is 2.53. The summed E-state index contributed by atoms with van der Waals surface area (Å²) in [7, 11) is 0. The maximum Gasteiger partial charge on any atom is 0.352 e. The fraction of sp³-hybridized carbons (Fsp3) is 0.353. The molecule has 0 spiro atoms. The number of nitrogens with two attached hydrogens (primary N) is 1. The molecule has 25 heavy (non-hydrogen) atoms. The van der Waals surface area contributed by atoms with Gasteiger partial charge in [-0.2, -0.15) is 0 Å². The van der Waals surface area contributed by atoms with Crippen molar-refractivity contribution in [1.29, 1.82) is 0 Å². The van der Waals surface area contributed by atoms with Crippen LogP contribution in [0.5, 0.6) is 0 Å². The average Bonchev–Trinajstić information content (AvgIpc) is 2.59. The van der Waals surface area contributed by atoms with Crippen LogP contribution in [0.1, 0.15) is 24.9 Å². The molecule has 132 valence electrons. The number of hydrogen-bond donors (Lipinski definition) is 3. The number of amides is 2. The molecule has 0 aromatic heterocycles. The smallest absolute Gasteiger partial charge is 0.352 e. The number of benzene rings is 1. The van der Waals surface area contributed by atoms with Crippen LogP contribution in [0.3, 0.4) is 0 Å². The Hall–Kier alpha value is -2.32. The Morgan fingerprint density at radius 2 is 2.08 bits per heavy atom. The molecule has 8 heteroatoms. The van der Waals surface area contributed by atoms with Gasteiger partial charge in [-0.1, -0.05) is 30.3 Å². The second-order valence-corrected chi connectivity index (χ2v) is 7.22. The van der Waals surface area contributed by atoms with Gasteiger partial charge in [-0.25, -0.2) is 4.79 Å². The van der Waals surface area contributed by atoms with Crippen LogP contribution in [0.4, 0.5) is 0 Å². The zero-order chi connectivity index (χ0) is 18.1. The lowest BCUT2D eigenvalue weighted by atomic mass is 10.0. The van der Waals surface area contributed by atoms with Crippen molar-refractivity contribution >= 4 is 29.5 Å². The molecule has 7 nitrogen and oxygen atoms in total. The van der Waals surface area contributed by atoms with Crippen molar-refractivity contribution in [3.63, 3.8) is 0 Å². The van der Waals surface area contributed by atoms with E-state index in [1.54, 1.807) is 6.92 Å². The zero-order valence-electron chi connectivity index (χ0n) is 13.6. The highest BCUT2D eigenvalue weighted by atomic mass is 32.2. The van der Waals surface area contributed by atoms with Crippen LogP contribution in [0, 0.1) is 0 Å². The molecule has 0 saturated carbocycles. The van der Waals surface area contributed by atoms with E-state index in [1.807, 2.05) is 30.3 Å². The second kappa shape index (κ2) is 6.89. The lowest BCUT2D eigenvalue weighted by Crippen LogP contribution is -2.70. The Balaban J connectivity index is 1.63. The molecule has 1 fully saturated rings. The maximum atomic E-state index is 12.3. The van der Waals surface area contributed by atoms with E-state index < -0.39 is 24.0 Å². The Morgan fingerprint density at radius 3 is 2.72 bits per heavy atom. The molecule has 2 unspecified atom stereocenters.